The SMILES string of the molecule is CC(=O)N1CCC[C@@H]1c1nc(C)cc(Nc2ccccn2)n1. The normalized spacial score (nSPS) is 17.5. The predicted octanol–water partition coefficient (Wildman–Crippen LogP) is 2.61. The lowest BCUT2D eigenvalue weighted by Crippen LogP contribution is -2.29. The highest BCUT2D eigenvalue weighted by molar-refractivity contribution is 5.74. The van der Waals surface area contributed by atoms with E-state index in [9.17, 15) is 4.79 Å². The number of anilines is 2. The maximum absolute atomic E-state index is 11.7. The minimum Gasteiger partial charge on any atom is -0.333 e. The molecule has 1 atom stereocenters. The van der Waals surface area contributed by atoms with Gasteiger partial charge in [0.15, 0.2) is 5.82 Å². The summed E-state index contributed by atoms with van der Waals surface area (Å²) in [5, 5.41) is 3.19. The Kier molecular flexibility index (Phi) is 4.00. The van der Waals surface area contributed by atoms with Crippen molar-refractivity contribution >= 4 is 17.5 Å². The highest BCUT2D eigenvalue weighted by atomic mass is 16.2. The molecule has 1 aliphatic heterocycles. The molecule has 0 spiro atoms. The molecule has 114 valence electrons. The van der Waals surface area contributed by atoms with Gasteiger partial charge >= 0.3 is 0 Å². The Balaban J connectivity index is 1.88. The predicted molar refractivity (Wildman–Crippen MR) is 83.7 cm³/mol. The van der Waals surface area contributed by atoms with Crippen molar-refractivity contribution in [1.29, 1.82) is 0 Å². The molecule has 0 bridgehead atoms. The van der Waals surface area contributed by atoms with E-state index in [0.717, 1.165) is 30.9 Å². The fraction of sp³-hybridized carbons (Fsp3) is 0.375. The molecule has 1 amide bonds. The van der Waals surface area contributed by atoms with E-state index in [1.165, 1.54) is 0 Å². The van der Waals surface area contributed by atoms with Crippen LogP contribution in [0.4, 0.5) is 11.6 Å². The van der Waals surface area contributed by atoms with Gasteiger partial charge in [-0.15, -0.1) is 0 Å². The third-order valence-corrected chi connectivity index (χ3v) is 3.75. The Morgan fingerprint density at radius 1 is 1.32 bits per heavy atom. The van der Waals surface area contributed by atoms with Gasteiger partial charge in [0, 0.05) is 31.4 Å². The fourth-order valence-electron chi connectivity index (χ4n) is 2.78. The van der Waals surface area contributed by atoms with Gasteiger partial charge in [-0.1, -0.05) is 6.07 Å². The summed E-state index contributed by atoms with van der Waals surface area (Å²) in [4.78, 5) is 26.9. The third kappa shape index (κ3) is 3.05. The topological polar surface area (TPSA) is 71.0 Å². The van der Waals surface area contributed by atoms with Crippen LogP contribution in [0, 0.1) is 6.92 Å². The van der Waals surface area contributed by atoms with Crippen LogP contribution in [0.15, 0.2) is 30.5 Å². The summed E-state index contributed by atoms with van der Waals surface area (Å²) < 4.78 is 0. The zero-order chi connectivity index (χ0) is 15.5. The summed E-state index contributed by atoms with van der Waals surface area (Å²) in [6.07, 6.45) is 3.63. The molecule has 6 heteroatoms. The summed E-state index contributed by atoms with van der Waals surface area (Å²) >= 11 is 0. The molecule has 0 radical (unpaired) electrons. The Bertz CT molecular complexity index is 673. The molecule has 2 aromatic rings. The third-order valence-electron chi connectivity index (χ3n) is 3.75. The highest BCUT2D eigenvalue weighted by Crippen LogP contribution is 2.30. The van der Waals surface area contributed by atoms with Gasteiger partial charge in [0.2, 0.25) is 5.91 Å². The molecule has 2 aromatic heterocycles. The van der Waals surface area contributed by atoms with Crippen LogP contribution in [0.2, 0.25) is 0 Å². The number of hydrogen-bond acceptors (Lipinski definition) is 5. The number of pyridine rings is 1. The largest absolute Gasteiger partial charge is 0.333 e. The minimum atomic E-state index is -0.0262. The van der Waals surface area contributed by atoms with Crippen molar-refractivity contribution in [3.8, 4) is 0 Å². The number of amides is 1. The fourth-order valence-corrected chi connectivity index (χ4v) is 2.78. The zero-order valence-corrected chi connectivity index (χ0v) is 12.8. The van der Waals surface area contributed by atoms with Crippen LogP contribution >= 0.6 is 0 Å². The van der Waals surface area contributed by atoms with E-state index in [0.29, 0.717) is 11.6 Å². The van der Waals surface area contributed by atoms with Crippen molar-refractivity contribution in [3.63, 3.8) is 0 Å². The van der Waals surface area contributed by atoms with Crippen LogP contribution in [0.1, 0.15) is 37.3 Å². The van der Waals surface area contributed by atoms with Gasteiger partial charge < -0.3 is 10.2 Å². The molecule has 0 unspecified atom stereocenters. The first kappa shape index (κ1) is 14.4. The molecule has 22 heavy (non-hydrogen) atoms. The molecular weight excluding hydrogens is 278 g/mol. The number of aromatic nitrogens is 3. The molecule has 6 nitrogen and oxygen atoms in total. The standard InChI is InChI=1S/C16H19N5O/c1-11-10-15(19-14-7-3-4-8-17-14)20-16(18-11)13-6-5-9-21(13)12(2)22/h3-4,7-8,10,13H,5-6,9H2,1-2H3,(H,17,18,19,20)/t13-/m1/s1. The van der Waals surface area contributed by atoms with Gasteiger partial charge in [0.1, 0.15) is 11.6 Å². The van der Waals surface area contributed by atoms with Gasteiger partial charge in [0.05, 0.1) is 6.04 Å². The first-order valence-corrected chi connectivity index (χ1v) is 7.44. The molecule has 1 saturated heterocycles. The number of nitrogens with one attached hydrogen (secondary N) is 1. The van der Waals surface area contributed by atoms with E-state index in [-0.39, 0.29) is 11.9 Å². The van der Waals surface area contributed by atoms with Crippen LogP contribution in [0.25, 0.3) is 0 Å². The van der Waals surface area contributed by atoms with E-state index >= 15 is 0 Å². The summed E-state index contributed by atoms with van der Waals surface area (Å²) in [6, 6.07) is 7.52. The molecule has 0 aromatic carbocycles. The first-order valence-electron chi connectivity index (χ1n) is 7.44. The van der Waals surface area contributed by atoms with Crippen LogP contribution in [-0.2, 0) is 4.79 Å². The number of aryl methyl sites for hydroxylation is 1. The number of carbonyl (C=O) groups excluding carboxylic acids is 1. The van der Waals surface area contributed by atoms with Crippen molar-refractivity contribution in [3.05, 3.63) is 42.0 Å². The number of likely N-dealkylation sites (tertiary alicyclic amines) is 1. The quantitative estimate of drug-likeness (QED) is 0.943. The lowest BCUT2D eigenvalue weighted by molar-refractivity contribution is -0.129. The number of nitrogens with zero attached hydrogens (tertiary/aromatic N) is 4. The van der Waals surface area contributed by atoms with Crippen LogP contribution in [-0.4, -0.2) is 32.3 Å². The van der Waals surface area contributed by atoms with Gasteiger partial charge in [-0.3, -0.25) is 4.79 Å². The zero-order valence-electron chi connectivity index (χ0n) is 12.8. The second-order valence-corrected chi connectivity index (χ2v) is 5.46. The van der Waals surface area contributed by atoms with Crippen molar-refractivity contribution in [1.82, 2.24) is 19.9 Å². The molecule has 1 fully saturated rings. The number of carbonyl (C=O) groups is 1. The Morgan fingerprint density at radius 3 is 2.91 bits per heavy atom. The second kappa shape index (κ2) is 6.09. The molecule has 1 aliphatic rings. The molecule has 0 aliphatic carbocycles. The average Bonchev–Trinajstić information content (AvgIpc) is 2.97. The van der Waals surface area contributed by atoms with E-state index in [1.807, 2.05) is 36.1 Å². The number of hydrogen-bond donors (Lipinski definition) is 1. The van der Waals surface area contributed by atoms with Crippen molar-refractivity contribution in [2.75, 3.05) is 11.9 Å². The molecule has 1 N–H and O–H groups in total. The van der Waals surface area contributed by atoms with Gasteiger partial charge in [-0.2, -0.15) is 0 Å². The van der Waals surface area contributed by atoms with E-state index in [4.69, 9.17) is 0 Å². The Labute approximate surface area is 129 Å². The number of rotatable bonds is 3. The van der Waals surface area contributed by atoms with Crippen molar-refractivity contribution in [2.24, 2.45) is 0 Å². The van der Waals surface area contributed by atoms with E-state index in [2.05, 4.69) is 20.3 Å². The Morgan fingerprint density at radius 2 is 2.18 bits per heavy atom. The summed E-state index contributed by atoms with van der Waals surface area (Å²) in [5.41, 5.74) is 0.874. The van der Waals surface area contributed by atoms with E-state index in [1.54, 1.807) is 13.1 Å². The van der Waals surface area contributed by atoms with Gasteiger partial charge in [-0.05, 0) is 31.9 Å². The molecule has 0 saturated carbocycles. The first-order chi connectivity index (χ1) is 10.6. The van der Waals surface area contributed by atoms with Crippen molar-refractivity contribution < 1.29 is 4.79 Å². The average molecular weight is 297 g/mol. The summed E-state index contributed by atoms with van der Waals surface area (Å²) in [7, 11) is 0. The molecule has 3 heterocycles. The van der Waals surface area contributed by atoms with Crippen molar-refractivity contribution in [2.45, 2.75) is 32.7 Å². The lowest BCUT2D eigenvalue weighted by atomic mass is 10.2. The van der Waals surface area contributed by atoms with Gasteiger partial charge in [-0.25, -0.2) is 15.0 Å². The molecule has 3 rings (SSSR count). The highest BCUT2D eigenvalue weighted by Gasteiger charge is 2.30. The van der Waals surface area contributed by atoms with Crippen LogP contribution in [0.3, 0.4) is 0 Å². The smallest absolute Gasteiger partial charge is 0.220 e. The minimum absolute atomic E-state index is 0.0262. The maximum atomic E-state index is 11.7. The monoisotopic (exact) mass is 297 g/mol. The van der Waals surface area contributed by atoms with Gasteiger partial charge in [0.25, 0.3) is 0 Å². The second-order valence-electron chi connectivity index (χ2n) is 5.46. The van der Waals surface area contributed by atoms with E-state index < -0.39 is 0 Å². The summed E-state index contributed by atoms with van der Waals surface area (Å²) in [5.74, 6) is 2.22. The molecular formula is C16H19N5O. The Hall–Kier alpha value is -2.50. The summed E-state index contributed by atoms with van der Waals surface area (Å²) in [6.45, 7) is 4.31. The lowest BCUT2D eigenvalue weighted by Gasteiger charge is -2.22. The maximum Gasteiger partial charge on any atom is 0.220 e. The van der Waals surface area contributed by atoms with Crippen LogP contribution in [0.5, 0.6) is 0 Å². The van der Waals surface area contributed by atoms with Crippen LogP contribution < -0.4 is 5.32 Å².